The number of amides is 2. The maximum Gasteiger partial charge on any atom is 0.470 e. The van der Waals surface area contributed by atoms with Gasteiger partial charge in [-0.05, 0) is 49.9 Å². The summed E-state index contributed by atoms with van der Waals surface area (Å²) in [6.45, 7) is 4.63. The molecule has 0 radical (unpaired) electrons. The smallest absolute Gasteiger partial charge is 0.417 e. The van der Waals surface area contributed by atoms with Gasteiger partial charge in [0, 0.05) is 18.8 Å². The van der Waals surface area contributed by atoms with Crippen molar-refractivity contribution in [1.82, 2.24) is 15.1 Å². The van der Waals surface area contributed by atoms with Crippen LogP contribution in [-0.4, -0.2) is 34.2 Å². The van der Waals surface area contributed by atoms with Crippen molar-refractivity contribution in [2.45, 2.75) is 38.8 Å². The summed E-state index contributed by atoms with van der Waals surface area (Å²) in [4.78, 5) is 14.1. The number of alkyl halides is 3. The number of carbonyl (C=O) groups is 1. The molecular weight excluding hydrogens is 349 g/mol. The molecule has 0 aliphatic carbocycles. The lowest BCUT2D eigenvalue weighted by molar-refractivity contribution is -0.157. The Morgan fingerprint density at radius 3 is 2.54 bits per heavy atom. The number of hydrogen-bond acceptors (Lipinski definition) is 4. The van der Waals surface area contributed by atoms with E-state index in [9.17, 15) is 18.0 Å². The molecule has 0 bridgehead atoms. The number of halogens is 3. The number of anilines is 1. The van der Waals surface area contributed by atoms with Crippen LogP contribution in [0.15, 0.2) is 22.6 Å². The molecule has 1 N–H and O–H groups in total. The van der Waals surface area contributed by atoms with Crippen molar-refractivity contribution in [2.75, 3.05) is 18.4 Å². The van der Waals surface area contributed by atoms with Gasteiger partial charge in [0.1, 0.15) is 0 Å². The number of carbonyl (C=O) groups excluding carboxylic acids is 1. The van der Waals surface area contributed by atoms with Crippen molar-refractivity contribution in [1.29, 1.82) is 0 Å². The van der Waals surface area contributed by atoms with E-state index < -0.39 is 18.0 Å². The molecule has 6 nitrogen and oxygen atoms in total. The number of aromatic nitrogens is 2. The minimum absolute atomic E-state index is 0.0822. The Kier molecular flexibility index (Phi) is 4.88. The highest BCUT2D eigenvalue weighted by Gasteiger charge is 2.39. The Morgan fingerprint density at radius 1 is 1.23 bits per heavy atom. The summed E-state index contributed by atoms with van der Waals surface area (Å²) in [5.41, 5.74) is 2.75. The summed E-state index contributed by atoms with van der Waals surface area (Å²) in [7, 11) is 0. The van der Waals surface area contributed by atoms with E-state index in [0.29, 0.717) is 25.1 Å². The van der Waals surface area contributed by atoms with Gasteiger partial charge in [-0.2, -0.15) is 13.2 Å². The van der Waals surface area contributed by atoms with Gasteiger partial charge in [-0.15, -0.1) is 10.2 Å². The second kappa shape index (κ2) is 6.97. The zero-order chi connectivity index (χ0) is 18.9. The number of nitrogens with zero attached hydrogens (tertiary/aromatic N) is 3. The number of aryl methyl sites for hydroxylation is 2. The molecule has 26 heavy (non-hydrogen) atoms. The van der Waals surface area contributed by atoms with E-state index in [4.69, 9.17) is 4.42 Å². The highest BCUT2D eigenvalue weighted by atomic mass is 19.4. The van der Waals surface area contributed by atoms with Gasteiger partial charge in [0.15, 0.2) is 0 Å². The second-order valence-corrected chi connectivity index (χ2v) is 6.53. The molecular formula is C17H19F3N4O2. The standard InChI is InChI=1S/C17H19F3N4O2/c1-10-6-11(2)8-13(7-10)21-16(25)24-5-3-4-12(9-24)14-22-23-15(26-14)17(18,19)20/h6-8,12H,3-5,9H2,1-2H3,(H,21,25). The van der Waals surface area contributed by atoms with Gasteiger partial charge in [-0.3, -0.25) is 0 Å². The number of rotatable bonds is 2. The fraction of sp³-hybridized carbons (Fsp3) is 0.471. The van der Waals surface area contributed by atoms with Crippen LogP contribution in [0.25, 0.3) is 0 Å². The molecule has 3 rings (SSSR count). The van der Waals surface area contributed by atoms with Crippen molar-refractivity contribution in [3.05, 3.63) is 41.1 Å². The van der Waals surface area contributed by atoms with Crippen LogP contribution in [-0.2, 0) is 6.18 Å². The van der Waals surface area contributed by atoms with Crippen molar-refractivity contribution in [3.63, 3.8) is 0 Å². The van der Waals surface area contributed by atoms with Gasteiger partial charge in [0.25, 0.3) is 0 Å². The first kappa shape index (κ1) is 18.2. The van der Waals surface area contributed by atoms with Crippen LogP contribution in [0.5, 0.6) is 0 Å². The fourth-order valence-corrected chi connectivity index (χ4v) is 3.13. The Balaban J connectivity index is 1.68. The molecule has 2 heterocycles. The molecule has 1 aromatic carbocycles. The van der Waals surface area contributed by atoms with Crippen LogP contribution < -0.4 is 5.32 Å². The van der Waals surface area contributed by atoms with Crippen LogP contribution in [0.2, 0.25) is 0 Å². The van der Waals surface area contributed by atoms with Gasteiger partial charge in [-0.25, -0.2) is 4.79 Å². The van der Waals surface area contributed by atoms with Crippen molar-refractivity contribution >= 4 is 11.7 Å². The number of benzene rings is 1. The third-order valence-corrected chi connectivity index (χ3v) is 4.21. The third-order valence-electron chi connectivity index (χ3n) is 4.21. The normalized spacial score (nSPS) is 18.0. The maximum atomic E-state index is 12.6. The van der Waals surface area contributed by atoms with Crippen LogP contribution in [0.1, 0.15) is 41.7 Å². The summed E-state index contributed by atoms with van der Waals surface area (Å²) < 4.78 is 42.6. The van der Waals surface area contributed by atoms with Crippen molar-refractivity contribution in [3.8, 4) is 0 Å². The first-order chi connectivity index (χ1) is 12.2. The minimum Gasteiger partial charge on any atom is -0.417 e. The predicted molar refractivity (Wildman–Crippen MR) is 87.8 cm³/mol. The van der Waals surface area contributed by atoms with E-state index in [1.54, 1.807) is 4.90 Å². The molecule has 2 amide bonds. The van der Waals surface area contributed by atoms with Crippen LogP contribution in [0.3, 0.4) is 0 Å². The Labute approximate surface area is 148 Å². The summed E-state index contributed by atoms with van der Waals surface area (Å²) in [6, 6.07) is 5.43. The lowest BCUT2D eigenvalue weighted by Crippen LogP contribution is -2.41. The molecule has 0 spiro atoms. The lowest BCUT2D eigenvalue weighted by Gasteiger charge is -2.31. The highest BCUT2D eigenvalue weighted by molar-refractivity contribution is 5.89. The molecule has 1 aliphatic rings. The Bertz CT molecular complexity index is 783. The van der Waals surface area contributed by atoms with E-state index >= 15 is 0 Å². The van der Waals surface area contributed by atoms with Crippen molar-refractivity contribution in [2.24, 2.45) is 0 Å². The number of urea groups is 1. The van der Waals surface area contributed by atoms with Gasteiger partial charge < -0.3 is 14.6 Å². The van der Waals surface area contributed by atoms with E-state index in [1.807, 2.05) is 32.0 Å². The zero-order valence-corrected chi connectivity index (χ0v) is 14.4. The largest absolute Gasteiger partial charge is 0.470 e. The summed E-state index contributed by atoms with van der Waals surface area (Å²) in [5.74, 6) is -1.84. The fourth-order valence-electron chi connectivity index (χ4n) is 3.13. The van der Waals surface area contributed by atoms with E-state index in [0.717, 1.165) is 11.1 Å². The van der Waals surface area contributed by atoms with E-state index in [1.165, 1.54) is 0 Å². The zero-order valence-electron chi connectivity index (χ0n) is 14.4. The van der Waals surface area contributed by atoms with E-state index in [-0.39, 0.29) is 18.5 Å². The average Bonchev–Trinajstić information content (AvgIpc) is 3.04. The molecule has 1 aromatic heterocycles. The predicted octanol–water partition coefficient (Wildman–Crippen LogP) is 4.12. The molecule has 9 heteroatoms. The summed E-state index contributed by atoms with van der Waals surface area (Å²) in [6.07, 6.45) is -3.43. The average molecular weight is 368 g/mol. The molecule has 1 fully saturated rings. The number of nitrogens with one attached hydrogen (secondary N) is 1. The number of hydrogen-bond donors (Lipinski definition) is 1. The molecule has 140 valence electrons. The van der Waals surface area contributed by atoms with E-state index in [2.05, 4.69) is 15.5 Å². The first-order valence-electron chi connectivity index (χ1n) is 8.27. The number of piperidine rings is 1. The Hall–Kier alpha value is -2.58. The molecule has 1 aliphatic heterocycles. The Morgan fingerprint density at radius 2 is 1.92 bits per heavy atom. The summed E-state index contributed by atoms with van der Waals surface area (Å²) >= 11 is 0. The van der Waals surface area contributed by atoms with Crippen molar-refractivity contribution < 1.29 is 22.4 Å². The number of likely N-dealkylation sites (tertiary alicyclic amines) is 1. The molecule has 0 saturated carbocycles. The summed E-state index contributed by atoms with van der Waals surface area (Å²) in [5, 5.41) is 9.41. The van der Waals surface area contributed by atoms with Gasteiger partial charge in [0.05, 0.1) is 5.92 Å². The minimum atomic E-state index is -4.67. The SMILES string of the molecule is Cc1cc(C)cc(NC(=O)N2CCCC(c3nnc(C(F)(F)F)o3)C2)c1. The third kappa shape index (κ3) is 4.14. The van der Waals surface area contributed by atoms with Crippen LogP contribution in [0, 0.1) is 13.8 Å². The first-order valence-corrected chi connectivity index (χ1v) is 8.27. The molecule has 1 saturated heterocycles. The van der Waals surface area contributed by atoms with Crippen LogP contribution >= 0.6 is 0 Å². The van der Waals surface area contributed by atoms with Gasteiger partial charge in [0.2, 0.25) is 5.89 Å². The van der Waals surface area contributed by atoms with Gasteiger partial charge in [-0.1, -0.05) is 6.07 Å². The topological polar surface area (TPSA) is 71.3 Å². The second-order valence-electron chi connectivity index (χ2n) is 6.53. The molecule has 1 unspecified atom stereocenters. The monoisotopic (exact) mass is 368 g/mol. The van der Waals surface area contributed by atoms with Gasteiger partial charge >= 0.3 is 18.1 Å². The molecule has 1 atom stereocenters. The quantitative estimate of drug-likeness (QED) is 0.866. The lowest BCUT2D eigenvalue weighted by atomic mass is 9.98. The maximum absolute atomic E-state index is 12.6. The van der Waals surface area contributed by atoms with Crippen LogP contribution in [0.4, 0.5) is 23.7 Å². The molecule has 2 aromatic rings. The highest BCUT2D eigenvalue weighted by Crippen LogP contribution is 2.32.